The maximum Gasteiger partial charge on any atom is 0.134 e. The Kier molecular flexibility index (Phi) is 3.32. The first-order valence-electron chi connectivity index (χ1n) is 6.41. The molecule has 1 aliphatic rings. The van der Waals surface area contributed by atoms with E-state index in [9.17, 15) is 13.9 Å². The van der Waals surface area contributed by atoms with E-state index in [1.807, 2.05) is 6.07 Å². The summed E-state index contributed by atoms with van der Waals surface area (Å²) in [4.78, 5) is 0. The molecular formula is C16H11F2NO2. The number of rotatable bonds is 2. The third kappa shape index (κ3) is 2.46. The molecule has 0 fully saturated rings. The highest BCUT2D eigenvalue weighted by atomic mass is 19.1. The van der Waals surface area contributed by atoms with Gasteiger partial charge >= 0.3 is 0 Å². The van der Waals surface area contributed by atoms with Crippen molar-refractivity contribution >= 4 is 0 Å². The number of hydrogen-bond donors (Lipinski definition) is 1. The molecule has 5 heteroatoms. The Bertz CT molecular complexity index is 740. The molecule has 0 aliphatic heterocycles. The highest BCUT2D eigenvalue weighted by molar-refractivity contribution is 5.48. The number of fused-ring (bicyclic) bond motifs is 1. The van der Waals surface area contributed by atoms with Crippen molar-refractivity contribution < 1.29 is 18.6 Å². The van der Waals surface area contributed by atoms with E-state index < -0.39 is 18.1 Å². The minimum atomic E-state index is -1.37. The lowest BCUT2D eigenvalue weighted by Gasteiger charge is -2.11. The van der Waals surface area contributed by atoms with E-state index in [0.29, 0.717) is 16.9 Å². The number of hydrogen-bond acceptors (Lipinski definition) is 3. The van der Waals surface area contributed by atoms with Gasteiger partial charge in [-0.25, -0.2) is 8.78 Å². The molecule has 1 N–H and O–H groups in total. The SMILES string of the molecule is N#Cc1cc(F)cc(Oc2cccc3c2C[C@@H](F)[C@H]3O)c1. The van der Waals surface area contributed by atoms with Crippen molar-refractivity contribution in [1.29, 1.82) is 5.26 Å². The molecule has 0 aromatic heterocycles. The van der Waals surface area contributed by atoms with E-state index in [4.69, 9.17) is 10.00 Å². The lowest BCUT2D eigenvalue weighted by atomic mass is 10.1. The average molecular weight is 287 g/mol. The molecule has 0 saturated heterocycles. The van der Waals surface area contributed by atoms with Gasteiger partial charge in [-0.15, -0.1) is 0 Å². The van der Waals surface area contributed by atoms with Crippen molar-refractivity contribution in [1.82, 2.24) is 0 Å². The second kappa shape index (κ2) is 5.15. The van der Waals surface area contributed by atoms with Crippen LogP contribution in [-0.4, -0.2) is 11.3 Å². The van der Waals surface area contributed by atoms with E-state index in [1.165, 1.54) is 6.07 Å². The van der Waals surface area contributed by atoms with Gasteiger partial charge in [-0.2, -0.15) is 5.26 Å². The topological polar surface area (TPSA) is 53.2 Å². The molecule has 0 bridgehead atoms. The molecule has 0 heterocycles. The van der Waals surface area contributed by atoms with E-state index in [0.717, 1.165) is 12.1 Å². The first kappa shape index (κ1) is 13.5. The van der Waals surface area contributed by atoms with Gasteiger partial charge in [0.1, 0.15) is 29.6 Å². The number of nitrogens with zero attached hydrogens (tertiary/aromatic N) is 1. The predicted octanol–water partition coefficient (Wildman–Crippen LogP) is 3.42. The summed E-state index contributed by atoms with van der Waals surface area (Å²) in [7, 11) is 0. The molecule has 0 spiro atoms. The van der Waals surface area contributed by atoms with Crippen LogP contribution in [0.3, 0.4) is 0 Å². The van der Waals surface area contributed by atoms with Crippen LogP contribution in [0.5, 0.6) is 11.5 Å². The highest BCUT2D eigenvalue weighted by Crippen LogP contribution is 2.40. The lowest BCUT2D eigenvalue weighted by Crippen LogP contribution is -2.05. The minimum absolute atomic E-state index is 0.0487. The molecule has 2 aromatic rings. The summed E-state index contributed by atoms with van der Waals surface area (Å²) < 4.78 is 32.6. The molecule has 106 valence electrons. The number of halogens is 2. The van der Waals surface area contributed by atoms with E-state index in [2.05, 4.69) is 0 Å². The Hall–Kier alpha value is -2.45. The number of benzene rings is 2. The maximum absolute atomic E-state index is 13.6. The van der Waals surface area contributed by atoms with Gasteiger partial charge in [0.2, 0.25) is 0 Å². The number of alkyl halides is 1. The molecule has 3 nitrogen and oxygen atoms in total. The standard InChI is InChI=1S/C16H11F2NO2/c17-10-4-9(8-19)5-11(6-10)21-15-3-1-2-12-13(15)7-14(18)16(12)20/h1-6,14,16,20H,7H2/t14-,16+/m1/s1. The van der Waals surface area contributed by atoms with Crippen LogP contribution in [0.25, 0.3) is 0 Å². The van der Waals surface area contributed by atoms with Crippen LogP contribution >= 0.6 is 0 Å². The van der Waals surface area contributed by atoms with Gasteiger partial charge in [0.05, 0.1) is 11.6 Å². The summed E-state index contributed by atoms with van der Waals surface area (Å²) in [5, 5.41) is 18.6. The van der Waals surface area contributed by atoms with E-state index >= 15 is 0 Å². The van der Waals surface area contributed by atoms with Crippen molar-refractivity contribution in [3.05, 3.63) is 58.9 Å². The fourth-order valence-corrected chi connectivity index (χ4v) is 2.49. The van der Waals surface area contributed by atoms with Crippen molar-refractivity contribution in [3.8, 4) is 17.6 Å². The van der Waals surface area contributed by atoms with Crippen molar-refractivity contribution in [2.45, 2.75) is 18.7 Å². The molecule has 2 atom stereocenters. The number of aliphatic hydroxyl groups is 1. The fourth-order valence-electron chi connectivity index (χ4n) is 2.49. The Balaban J connectivity index is 1.98. The monoisotopic (exact) mass is 287 g/mol. The zero-order chi connectivity index (χ0) is 15.0. The maximum atomic E-state index is 13.6. The molecule has 2 aromatic carbocycles. The molecular weight excluding hydrogens is 276 g/mol. The van der Waals surface area contributed by atoms with Gasteiger partial charge in [-0.05, 0) is 23.8 Å². The van der Waals surface area contributed by atoms with E-state index in [1.54, 1.807) is 18.2 Å². The summed E-state index contributed by atoms with van der Waals surface area (Å²) in [6, 6.07) is 10.4. The normalized spacial score (nSPS) is 19.9. The van der Waals surface area contributed by atoms with Gasteiger partial charge in [0, 0.05) is 18.1 Å². The number of nitriles is 1. The lowest BCUT2D eigenvalue weighted by molar-refractivity contribution is 0.0926. The van der Waals surface area contributed by atoms with Crippen LogP contribution in [0.4, 0.5) is 8.78 Å². The van der Waals surface area contributed by atoms with Crippen LogP contribution in [0.2, 0.25) is 0 Å². The van der Waals surface area contributed by atoms with Gasteiger partial charge in [0.25, 0.3) is 0 Å². The third-order valence-electron chi connectivity index (χ3n) is 3.46. The molecule has 0 saturated carbocycles. The second-order valence-electron chi connectivity index (χ2n) is 4.88. The summed E-state index contributed by atoms with van der Waals surface area (Å²) in [6.07, 6.45) is -2.48. The summed E-state index contributed by atoms with van der Waals surface area (Å²) in [5.41, 5.74) is 1.19. The largest absolute Gasteiger partial charge is 0.457 e. The van der Waals surface area contributed by atoms with Crippen LogP contribution in [0.15, 0.2) is 36.4 Å². The predicted molar refractivity (Wildman–Crippen MR) is 71.2 cm³/mol. The average Bonchev–Trinajstić information content (AvgIpc) is 2.75. The molecule has 0 amide bonds. The molecule has 0 unspecified atom stereocenters. The summed E-state index contributed by atoms with van der Waals surface area (Å²) >= 11 is 0. The zero-order valence-electron chi connectivity index (χ0n) is 10.9. The van der Waals surface area contributed by atoms with Gasteiger partial charge in [0.15, 0.2) is 0 Å². The van der Waals surface area contributed by atoms with Crippen molar-refractivity contribution in [3.63, 3.8) is 0 Å². The number of aliphatic hydroxyl groups excluding tert-OH is 1. The summed E-state index contributed by atoms with van der Waals surface area (Å²) in [5.74, 6) is -0.0574. The second-order valence-corrected chi connectivity index (χ2v) is 4.88. The zero-order valence-corrected chi connectivity index (χ0v) is 10.9. The molecule has 21 heavy (non-hydrogen) atoms. The Morgan fingerprint density at radius 3 is 2.86 bits per heavy atom. The Morgan fingerprint density at radius 2 is 2.10 bits per heavy atom. The van der Waals surface area contributed by atoms with Crippen LogP contribution in [-0.2, 0) is 6.42 Å². The van der Waals surface area contributed by atoms with Gasteiger partial charge in [-0.3, -0.25) is 0 Å². The van der Waals surface area contributed by atoms with Crippen LogP contribution in [0, 0.1) is 17.1 Å². The molecule has 3 rings (SSSR count). The van der Waals surface area contributed by atoms with Gasteiger partial charge in [-0.1, -0.05) is 12.1 Å². The Labute approximate surface area is 120 Å². The first-order valence-corrected chi connectivity index (χ1v) is 6.41. The third-order valence-corrected chi connectivity index (χ3v) is 3.46. The molecule has 0 radical (unpaired) electrons. The Morgan fingerprint density at radius 1 is 1.29 bits per heavy atom. The fraction of sp³-hybridized carbons (Fsp3) is 0.188. The smallest absolute Gasteiger partial charge is 0.134 e. The van der Waals surface area contributed by atoms with Crippen LogP contribution in [0.1, 0.15) is 22.8 Å². The quantitative estimate of drug-likeness (QED) is 0.920. The highest BCUT2D eigenvalue weighted by Gasteiger charge is 2.33. The van der Waals surface area contributed by atoms with Crippen molar-refractivity contribution in [2.75, 3.05) is 0 Å². The van der Waals surface area contributed by atoms with E-state index in [-0.39, 0.29) is 17.7 Å². The minimum Gasteiger partial charge on any atom is -0.457 e. The van der Waals surface area contributed by atoms with Crippen LogP contribution < -0.4 is 4.74 Å². The van der Waals surface area contributed by atoms with Gasteiger partial charge < -0.3 is 9.84 Å². The van der Waals surface area contributed by atoms with Crippen molar-refractivity contribution in [2.24, 2.45) is 0 Å². The molecule has 1 aliphatic carbocycles. The first-order chi connectivity index (χ1) is 10.1. The number of ether oxygens (including phenoxy) is 1. The summed E-state index contributed by atoms with van der Waals surface area (Å²) in [6.45, 7) is 0.